The van der Waals surface area contributed by atoms with Crippen LogP contribution in [0.3, 0.4) is 0 Å². The van der Waals surface area contributed by atoms with Gasteiger partial charge in [0.25, 0.3) is 0 Å². The summed E-state index contributed by atoms with van der Waals surface area (Å²) < 4.78 is 0. The fraction of sp³-hybridized carbons (Fsp3) is 0.231. The molecular weight excluding hydrogens is 276 g/mol. The number of hydrogen-bond donors (Lipinski definition) is 1. The maximum Gasteiger partial charge on any atom is 0.322 e. The zero-order valence-corrected chi connectivity index (χ0v) is 12.2. The molecule has 0 bridgehead atoms. The normalized spacial score (nSPS) is 10.6. The Hall–Kier alpha value is -2.15. The zero-order chi connectivity index (χ0) is 14.9. The number of nitrogen functional groups attached to an aromatic ring is 1. The summed E-state index contributed by atoms with van der Waals surface area (Å²) in [6, 6.07) is 5.94. The lowest BCUT2D eigenvalue weighted by Gasteiger charge is -2.08. The summed E-state index contributed by atoms with van der Waals surface area (Å²) in [6.45, 7) is 5.48. The Bertz CT molecular complexity index is 688. The van der Waals surface area contributed by atoms with Gasteiger partial charge in [0.05, 0.1) is 4.92 Å². The summed E-state index contributed by atoms with van der Waals surface area (Å²) in [5.74, 6) is 0.0425. The average molecular weight is 290 g/mol. The van der Waals surface area contributed by atoms with E-state index >= 15 is 0 Å². The summed E-state index contributed by atoms with van der Waals surface area (Å²) in [4.78, 5) is 19.5. The number of nitrogens with zero attached hydrogens (tertiary/aromatic N) is 3. The molecule has 0 atom stereocenters. The van der Waals surface area contributed by atoms with Crippen LogP contribution >= 0.6 is 11.8 Å². The Balaban J connectivity index is 2.53. The Labute approximate surface area is 120 Å². The van der Waals surface area contributed by atoms with Crippen LogP contribution in [0.15, 0.2) is 28.1 Å². The van der Waals surface area contributed by atoms with Crippen LogP contribution in [0.1, 0.15) is 16.8 Å². The Kier molecular flexibility index (Phi) is 3.89. The topological polar surface area (TPSA) is 94.9 Å². The second-order valence-corrected chi connectivity index (χ2v) is 5.48. The average Bonchev–Trinajstić information content (AvgIpc) is 2.32. The van der Waals surface area contributed by atoms with Crippen molar-refractivity contribution < 1.29 is 4.92 Å². The van der Waals surface area contributed by atoms with Crippen molar-refractivity contribution in [2.24, 2.45) is 0 Å². The second-order valence-electron chi connectivity index (χ2n) is 4.45. The number of nitrogens with two attached hydrogens (primary N) is 1. The summed E-state index contributed by atoms with van der Waals surface area (Å²) in [6.07, 6.45) is 0. The molecule has 20 heavy (non-hydrogen) atoms. The minimum absolute atomic E-state index is 0.0425. The Morgan fingerprint density at radius 1 is 1.25 bits per heavy atom. The molecule has 104 valence electrons. The molecule has 6 nitrogen and oxygen atoms in total. The Morgan fingerprint density at radius 3 is 2.60 bits per heavy atom. The van der Waals surface area contributed by atoms with E-state index in [1.54, 1.807) is 6.92 Å². The van der Waals surface area contributed by atoms with Crippen molar-refractivity contribution in [2.45, 2.75) is 30.7 Å². The first-order valence-corrected chi connectivity index (χ1v) is 6.73. The highest BCUT2D eigenvalue weighted by Gasteiger charge is 2.22. The lowest BCUT2D eigenvalue weighted by atomic mass is 10.2. The molecule has 0 radical (unpaired) electrons. The van der Waals surface area contributed by atoms with Crippen molar-refractivity contribution in [1.29, 1.82) is 0 Å². The number of anilines is 1. The molecule has 1 aromatic heterocycles. The largest absolute Gasteiger partial charge is 0.368 e. The van der Waals surface area contributed by atoms with Gasteiger partial charge >= 0.3 is 5.69 Å². The van der Waals surface area contributed by atoms with Crippen molar-refractivity contribution in [2.75, 3.05) is 5.73 Å². The molecule has 0 saturated heterocycles. The molecule has 0 aliphatic heterocycles. The molecule has 2 aromatic rings. The van der Waals surface area contributed by atoms with Gasteiger partial charge in [-0.1, -0.05) is 23.9 Å². The van der Waals surface area contributed by atoms with Crippen molar-refractivity contribution in [1.82, 2.24) is 9.97 Å². The predicted molar refractivity (Wildman–Crippen MR) is 77.9 cm³/mol. The van der Waals surface area contributed by atoms with Crippen LogP contribution in [-0.2, 0) is 0 Å². The van der Waals surface area contributed by atoms with Crippen LogP contribution in [0.4, 0.5) is 11.6 Å². The molecule has 7 heteroatoms. The van der Waals surface area contributed by atoms with E-state index in [0.29, 0.717) is 0 Å². The van der Waals surface area contributed by atoms with Gasteiger partial charge in [0.1, 0.15) is 5.69 Å². The van der Waals surface area contributed by atoms with Gasteiger partial charge < -0.3 is 5.73 Å². The van der Waals surface area contributed by atoms with E-state index in [0.717, 1.165) is 16.0 Å². The molecule has 0 fully saturated rings. The molecule has 2 N–H and O–H groups in total. The zero-order valence-electron chi connectivity index (χ0n) is 11.4. The van der Waals surface area contributed by atoms with Crippen molar-refractivity contribution in [3.05, 3.63) is 45.1 Å². The first-order chi connectivity index (χ1) is 9.38. The quantitative estimate of drug-likeness (QED) is 0.530. The van der Waals surface area contributed by atoms with Crippen LogP contribution < -0.4 is 5.73 Å². The maximum atomic E-state index is 11.2. The molecule has 1 heterocycles. The number of hydrogen-bond acceptors (Lipinski definition) is 6. The number of nitro groups is 1. The molecule has 1 aromatic carbocycles. The third-order valence-corrected chi connectivity index (χ3v) is 3.91. The molecular formula is C13H14N4O2S. The monoisotopic (exact) mass is 290 g/mol. The van der Waals surface area contributed by atoms with E-state index in [1.807, 2.05) is 32.0 Å². The minimum Gasteiger partial charge on any atom is -0.368 e. The molecule has 0 amide bonds. The highest BCUT2D eigenvalue weighted by atomic mass is 32.2. The molecule has 2 rings (SSSR count). The minimum atomic E-state index is -0.470. The second kappa shape index (κ2) is 5.46. The predicted octanol–water partition coefficient (Wildman–Crippen LogP) is 3.04. The fourth-order valence-electron chi connectivity index (χ4n) is 1.76. The van der Waals surface area contributed by atoms with Crippen LogP contribution in [0.5, 0.6) is 0 Å². The number of benzene rings is 1. The standard InChI is InChI=1S/C13H14N4O2S/c1-7-4-5-8(2)10(6-7)20-12-11(17(18)19)9(3)15-13(14)16-12/h4-6H,1-3H3,(H2,14,15,16). The summed E-state index contributed by atoms with van der Waals surface area (Å²) in [7, 11) is 0. The van der Waals surface area contributed by atoms with Gasteiger partial charge in [0.2, 0.25) is 5.95 Å². The molecule has 0 spiro atoms. The van der Waals surface area contributed by atoms with E-state index in [-0.39, 0.29) is 22.4 Å². The summed E-state index contributed by atoms with van der Waals surface area (Å²) in [5, 5.41) is 11.4. The van der Waals surface area contributed by atoms with Crippen molar-refractivity contribution >= 4 is 23.4 Å². The lowest BCUT2D eigenvalue weighted by Crippen LogP contribution is -2.04. The van der Waals surface area contributed by atoms with Crippen LogP contribution in [0.2, 0.25) is 0 Å². The highest BCUT2D eigenvalue weighted by Crippen LogP contribution is 2.36. The van der Waals surface area contributed by atoms with E-state index in [2.05, 4.69) is 9.97 Å². The fourth-order valence-corrected chi connectivity index (χ4v) is 2.90. The highest BCUT2D eigenvalue weighted by molar-refractivity contribution is 7.99. The van der Waals surface area contributed by atoms with Gasteiger partial charge in [-0.2, -0.15) is 4.98 Å². The SMILES string of the molecule is Cc1ccc(C)c(Sc2nc(N)nc(C)c2[N+](=O)[O-])c1. The maximum absolute atomic E-state index is 11.2. The van der Waals surface area contributed by atoms with E-state index in [1.165, 1.54) is 11.8 Å². The molecule has 0 unspecified atom stereocenters. The van der Waals surface area contributed by atoms with E-state index in [4.69, 9.17) is 5.73 Å². The van der Waals surface area contributed by atoms with Gasteiger partial charge in [0.15, 0.2) is 5.03 Å². The van der Waals surface area contributed by atoms with E-state index < -0.39 is 4.92 Å². The number of aromatic nitrogens is 2. The van der Waals surface area contributed by atoms with Gasteiger partial charge in [0, 0.05) is 4.90 Å². The Morgan fingerprint density at radius 2 is 1.95 bits per heavy atom. The molecule has 0 aliphatic rings. The first kappa shape index (κ1) is 14.3. The van der Waals surface area contributed by atoms with Gasteiger partial charge in [-0.15, -0.1) is 0 Å². The summed E-state index contributed by atoms with van der Waals surface area (Å²) in [5.41, 5.74) is 7.89. The van der Waals surface area contributed by atoms with Gasteiger partial charge in [-0.3, -0.25) is 10.1 Å². The van der Waals surface area contributed by atoms with Gasteiger partial charge in [-0.25, -0.2) is 4.98 Å². The molecule has 0 aliphatic carbocycles. The van der Waals surface area contributed by atoms with Crippen LogP contribution in [0.25, 0.3) is 0 Å². The smallest absolute Gasteiger partial charge is 0.322 e. The van der Waals surface area contributed by atoms with E-state index in [9.17, 15) is 10.1 Å². The van der Waals surface area contributed by atoms with Crippen molar-refractivity contribution in [3.8, 4) is 0 Å². The first-order valence-electron chi connectivity index (χ1n) is 5.92. The summed E-state index contributed by atoms with van der Waals surface area (Å²) >= 11 is 1.24. The molecule has 0 saturated carbocycles. The number of rotatable bonds is 3. The van der Waals surface area contributed by atoms with Crippen LogP contribution in [0, 0.1) is 30.9 Å². The van der Waals surface area contributed by atoms with Gasteiger partial charge in [-0.05, 0) is 38.0 Å². The van der Waals surface area contributed by atoms with Crippen molar-refractivity contribution in [3.63, 3.8) is 0 Å². The van der Waals surface area contributed by atoms with Crippen LogP contribution in [-0.4, -0.2) is 14.9 Å². The number of aryl methyl sites for hydroxylation is 3. The lowest BCUT2D eigenvalue weighted by molar-refractivity contribution is -0.389. The third-order valence-electron chi connectivity index (χ3n) is 2.78. The third kappa shape index (κ3) is 2.88.